The van der Waals surface area contributed by atoms with Crippen molar-refractivity contribution in [3.63, 3.8) is 0 Å². The molecule has 2 N–H and O–H groups in total. The summed E-state index contributed by atoms with van der Waals surface area (Å²) >= 11 is 0. The molecule has 0 saturated carbocycles. The van der Waals surface area contributed by atoms with E-state index in [9.17, 15) is 8.42 Å². The molecule has 1 rings (SSSR count). The second-order valence-electron chi connectivity index (χ2n) is 4.60. The van der Waals surface area contributed by atoms with Crippen molar-refractivity contribution in [1.29, 1.82) is 0 Å². The number of nitrogens with two attached hydrogens (primary N) is 1. The van der Waals surface area contributed by atoms with Gasteiger partial charge in [0.15, 0.2) is 0 Å². The summed E-state index contributed by atoms with van der Waals surface area (Å²) in [5.41, 5.74) is 0.857. The predicted octanol–water partition coefficient (Wildman–Crippen LogP) is 2.26. The molecular formula is C14H23NO4S. The Kier molecular flexibility index (Phi) is 6.45. The van der Waals surface area contributed by atoms with Gasteiger partial charge in [-0.3, -0.25) is 0 Å². The molecule has 0 aromatic heterocycles. The standard InChI is InChI=1S/C14H23NO4S/c1-4-11(3)13-10-12(20(15,16)17)6-7-14(13)19-9-8-18-5-2/h6-7,10-11H,4-5,8-9H2,1-3H3,(H2,15,16,17). The minimum absolute atomic E-state index is 0.116. The van der Waals surface area contributed by atoms with Crippen molar-refractivity contribution in [3.8, 4) is 5.75 Å². The van der Waals surface area contributed by atoms with Gasteiger partial charge in [-0.05, 0) is 43.0 Å². The molecule has 0 fully saturated rings. The third kappa shape index (κ3) is 4.77. The number of rotatable bonds is 8. The Morgan fingerprint density at radius 2 is 1.95 bits per heavy atom. The molecule has 0 bridgehead atoms. The zero-order valence-corrected chi connectivity index (χ0v) is 13.1. The van der Waals surface area contributed by atoms with Crippen LogP contribution in [0.2, 0.25) is 0 Å². The second kappa shape index (κ2) is 7.61. The largest absolute Gasteiger partial charge is 0.491 e. The van der Waals surface area contributed by atoms with E-state index < -0.39 is 10.0 Å². The average molecular weight is 301 g/mol. The molecule has 20 heavy (non-hydrogen) atoms. The molecule has 0 heterocycles. The third-order valence-electron chi connectivity index (χ3n) is 3.14. The lowest BCUT2D eigenvalue weighted by Crippen LogP contribution is -2.14. The van der Waals surface area contributed by atoms with E-state index >= 15 is 0 Å². The van der Waals surface area contributed by atoms with Crippen molar-refractivity contribution in [2.45, 2.75) is 38.0 Å². The highest BCUT2D eigenvalue weighted by Gasteiger charge is 2.15. The minimum Gasteiger partial charge on any atom is -0.491 e. The molecule has 5 nitrogen and oxygen atoms in total. The Morgan fingerprint density at radius 1 is 1.25 bits per heavy atom. The lowest BCUT2D eigenvalue weighted by atomic mass is 9.98. The molecule has 0 spiro atoms. The summed E-state index contributed by atoms with van der Waals surface area (Å²) in [5.74, 6) is 0.880. The fourth-order valence-corrected chi connectivity index (χ4v) is 2.34. The van der Waals surface area contributed by atoms with Gasteiger partial charge in [-0.15, -0.1) is 0 Å². The van der Waals surface area contributed by atoms with Crippen molar-refractivity contribution in [3.05, 3.63) is 23.8 Å². The molecule has 0 radical (unpaired) electrons. The highest BCUT2D eigenvalue weighted by atomic mass is 32.2. The summed E-state index contributed by atoms with van der Waals surface area (Å²) in [5, 5.41) is 5.17. The van der Waals surface area contributed by atoms with Gasteiger partial charge in [0.2, 0.25) is 10.0 Å². The summed E-state index contributed by atoms with van der Waals surface area (Å²) in [6.45, 7) is 7.58. The molecule has 0 aliphatic heterocycles. The zero-order chi connectivity index (χ0) is 15.2. The minimum atomic E-state index is -3.69. The highest BCUT2D eigenvalue weighted by Crippen LogP contribution is 2.30. The molecule has 0 saturated heterocycles. The van der Waals surface area contributed by atoms with Gasteiger partial charge < -0.3 is 9.47 Å². The van der Waals surface area contributed by atoms with E-state index in [2.05, 4.69) is 0 Å². The smallest absolute Gasteiger partial charge is 0.238 e. The van der Waals surface area contributed by atoms with Crippen LogP contribution in [-0.4, -0.2) is 28.2 Å². The molecule has 6 heteroatoms. The van der Waals surface area contributed by atoms with E-state index in [1.165, 1.54) is 6.07 Å². The number of ether oxygens (including phenoxy) is 2. The van der Waals surface area contributed by atoms with Gasteiger partial charge in [0.25, 0.3) is 0 Å². The summed E-state index contributed by atoms with van der Waals surface area (Å²) in [6.07, 6.45) is 0.885. The molecular weight excluding hydrogens is 278 g/mol. The summed E-state index contributed by atoms with van der Waals surface area (Å²) in [6, 6.07) is 4.73. The maximum absolute atomic E-state index is 11.4. The number of sulfonamides is 1. The third-order valence-corrected chi connectivity index (χ3v) is 4.05. The van der Waals surface area contributed by atoms with Gasteiger partial charge in [-0.2, -0.15) is 0 Å². The van der Waals surface area contributed by atoms with Gasteiger partial charge in [0.1, 0.15) is 12.4 Å². The number of hydrogen-bond donors (Lipinski definition) is 1. The lowest BCUT2D eigenvalue weighted by Gasteiger charge is -2.17. The summed E-state index contributed by atoms with van der Waals surface area (Å²) in [7, 11) is -3.69. The Hall–Kier alpha value is -1.11. The SMILES string of the molecule is CCOCCOc1ccc(S(N)(=O)=O)cc1C(C)CC. The van der Waals surface area contributed by atoms with Crippen LogP contribution in [0.3, 0.4) is 0 Å². The summed E-state index contributed by atoms with van der Waals surface area (Å²) < 4.78 is 33.7. The van der Waals surface area contributed by atoms with E-state index in [1.807, 2.05) is 20.8 Å². The van der Waals surface area contributed by atoms with Crippen molar-refractivity contribution < 1.29 is 17.9 Å². The number of primary sulfonamides is 1. The fraction of sp³-hybridized carbons (Fsp3) is 0.571. The first-order valence-corrected chi connectivity index (χ1v) is 8.32. The lowest BCUT2D eigenvalue weighted by molar-refractivity contribution is 0.109. The first-order valence-electron chi connectivity index (χ1n) is 6.77. The first kappa shape index (κ1) is 16.9. The Bertz CT molecular complexity index is 528. The van der Waals surface area contributed by atoms with Gasteiger partial charge >= 0.3 is 0 Å². The molecule has 0 aliphatic rings. The predicted molar refractivity (Wildman–Crippen MR) is 78.5 cm³/mol. The van der Waals surface area contributed by atoms with Crippen molar-refractivity contribution >= 4 is 10.0 Å². The van der Waals surface area contributed by atoms with Gasteiger partial charge in [0, 0.05) is 6.61 Å². The zero-order valence-electron chi connectivity index (χ0n) is 12.3. The van der Waals surface area contributed by atoms with E-state index in [-0.39, 0.29) is 10.8 Å². The van der Waals surface area contributed by atoms with Crippen LogP contribution in [-0.2, 0) is 14.8 Å². The Morgan fingerprint density at radius 3 is 2.50 bits per heavy atom. The van der Waals surface area contributed by atoms with Crippen molar-refractivity contribution in [2.75, 3.05) is 19.8 Å². The monoisotopic (exact) mass is 301 g/mol. The van der Waals surface area contributed by atoms with Crippen LogP contribution < -0.4 is 9.88 Å². The average Bonchev–Trinajstić information content (AvgIpc) is 2.41. The van der Waals surface area contributed by atoms with Crippen LogP contribution >= 0.6 is 0 Å². The topological polar surface area (TPSA) is 78.6 Å². The number of hydrogen-bond acceptors (Lipinski definition) is 4. The maximum atomic E-state index is 11.4. The fourth-order valence-electron chi connectivity index (χ4n) is 1.79. The maximum Gasteiger partial charge on any atom is 0.238 e. The van der Waals surface area contributed by atoms with E-state index in [0.717, 1.165) is 12.0 Å². The molecule has 0 aliphatic carbocycles. The molecule has 1 atom stereocenters. The van der Waals surface area contributed by atoms with Gasteiger partial charge in [-0.1, -0.05) is 13.8 Å². The molecule has 1 aromatic carbocycles. The van der Waals surface area contributed by atoms with Crippen LogP contribution in [0, 0.1) is 0 Å². The molecule has 0 amide bonds. The highest BCUT2D eigenvalue weighted by molar-refractivity contribution is 7.89. The summed E-state index contributed by atoms with van der Waals surface area (Å²) in [4.78, 5) is 0.116. The molecule has 1 aromatic rings. The Labute approximate surface area is 121 Å². The van der Waals surface area contributed by atoms with Crippen molar-refractivity contribution in [2.24, 2.45) is 5.14 Å². The molecule has 114 valence electrons. The van der Waals surface area contributed by atoms with Crippen LogP contribution in [0.4, 0.5) is 0 Å². The van der Waals surface area contributed by atoms with Gasteiger partial charge in [0.05, 0.1) is 11.5 Å². The van der Waals surface area contributed by atoms with Crippen molar-refractivity contribution in [1.82, 2.24) is 0 Å². The normalized spacial score (nSPS) is 13.2. The van der Waals surface area contributed by atoms with Gasteiger partial charge in [-0.25, -0.2) is 13.6 Å². The quantitative estimate of drug-likeness (QED) is 0.747. The van der Waals surface area contributed by atoms with Crippen LogP contribution in [0.1, 0.15) is 38.7 Å². The Balaban J connectivity index is 2.98. The van der Waals surface area contributed by atoms with E-state index in [0.29, 0.717) is 25.6 Å². The first-order chi connectivity index (χ1) is 9.40. The van der Waals surface area contributed by atoms with Crippen LogP contribution in [0.25, 0.3) is 0 Å². The van der Waals surface area contributed by atoms with E-state index in [4.69, 9.17) is 14.6 Å². The van der Waals surface area contributed by atoms with E-state index in [1.54, 1.807) is 12.1 Å². The second-order valence-corrected chi connectivity index (χ2v) is 6.16. The molecule has 1 unspecified atom stereocenters. The van der Waals surface area contributed by atoms with Crippen LogP contribution in [0.5, 0.6) is 5.75 Å². The number of benzene rings is 1. The van der Waals surface area contributed by atoms with Crippen LogP contribution in [0.15, 0.2) is 23.1 Å².